The number of hydrogen-bond donors (Lipinski definition) is 2. The summed E-state index contributed by atoms with van der Waals surface area (Å²) in [5, 5.41) is 3.83. The molecular formula is C14H28N2O. The average molecular weight is 240 g/mol. The van der Waals surface area contributed by atoms with Crippen molar-refractivity contribution in [1.29, 1.82) is 0 Å². The Morgan fingerprint density at radius 2 is 2.12 bits per heavy atom. The fraction of sp³-hybridized carbons (Fsp3) is 1.00. The Balaban J connectivity index is 1.85. The van der Waals surface area contributed by atoms with Crippen molar-refractivity contribution in [2.45, 2.75) is 64.6 Å². The number of nitrogens with one attached hydrogen (secondary N) is 1. The molecule has 0 amide bonds. The number of nitrogens with two attached hydrogens (primary N) is 1. The van der Waals surface area contributed by atoms with Gasteiger partial charge in [0.05, 0.1) is 6.10 Å². The van der Waals surface area contributed by atoms with E-state index in [-0.39, 0.29) is 5.41 Å². The van der Waals surface area contributed by atoms with Crippen molar-refractivity contribution >= 4 is 0 Å². The Morgan fingerprint density at radius 1 is 1.35 bits per heavy atom. The molecule has 0 bridgehead atoms. The highest BCUT2D eigenvalue weighted by atomic mass is 16.5. The van der Waals surface area contributed by atoms with Crippen LogP contribution in [0.3, 0.4) is 0 Å². The normalized spacial score (nSPS) is 40.2. The molecule has 4 atom stereocenters. The second-order valence-electron chi connectivity index (χ2n) is 6.25. The van der Waals surface area contributed by atoms with Crippen LogP contribution >= 0.6 is 0 Å². The monoisotopic (exact) mass is 240 g/mol. The van der Waals surface area contributed by atoms with E-state index in [0.717, 1.165) is 19.6 Å². The lowest BCUT2D eigenvalue weighted by atomic mass is 9.64. The first kappa shape index (κ1) is 13.3. The molecule has 0 saturated heterocycles. The summed E-state index contributed by atoms with van der Waals surface area (Å²) in [4.78, 5) is 0. The average Bonchev–Trinajstić information content (AvgIpc) is 2.75. The fourth-order valence-electron chi connectivity index (χ4n) is 3.45. The first-order valence-corrected chi connectivity index (χ1v) is 7.17. The van der Waals surface area contributed by atoms with Crippen LogP contribution in [0.1, 0.15) is 46.5 Å². The summed E-state index contributed by atoms with van der Waals surface area (Å²) in [6, 6.07) is 1.25. The molecule has 2 fully saturated rings. The Kier molecular flexibility index (Phi) is 4.11. The molecule has 2 rings (SSSR count). The Hall–Kier alpha value is -0.120. The third-order valence-corrected chi connectivity index (χ3v) is 4.92. The second-order valence-corrected chi connectivity index (χ2v) is 6.25. The SMILES string of the molecule is CCOC1CC(NC2CCCC2CN)C1(C)C. The third kappa shape index (κ3) is 2.51. The highest BCUT2D eigenvalue weighted by molar-refractivity contribution is 5.04. The molecule has 2 aliphatic rings. The van der Waals surface area contributed by atoms with Gasteiger partial charge in [-0.1, -0.05) is 20.3 Å². The second kappa shape index (κ2) is 5.25. The third-order valence-electron chi connectivity index (χ3n) is 4.92. The van der Waals surface area contributed by atoms with Gasteiger partial charge < -0.3 is 15.8 Å². The molecule has 4 unspecified atom stereocenters. The van der Waals surface area contributed by atoms with E-state index in [0.29, 0.717) is 24.1 Å². The Morgan fingerprint density at radius 3 is 2.71 bits per heavy atom. The molecule has 100 valence electrons. The summed E-state index contributed by atoms with van der Waals surface area (Å²) >= 11 is 0. The van der Waals surface area contributed by atoms with E-state index < -0.39 is 0 Å². The van der Waals surface area contributed by atoms with Gasteiger partial charge in [0, 0.05) is 24.1 Å². The molecule has 2 saturated carbocycles. The topological polar surface area (TPSA) is 47.3 Å². The van der Waals surface area contributed by atoms with Crippen LogP contribution in [0.15, 0.2) is 0 Å². The quantitative estimate of drug-likeness (QED) is 0.771. The Bertz CT molecular complexity index is 255. The lowest BCUT2D eigenvalue weighted by molar-refractivity contribution is -0.117. The van der Waals surface area contributed by atoms with Crippen molar-refractivity contribution in [1.82, 2.24) is 5.32 Å². The molecular weight excluding hydrogens is 212 g/mol. The van der Waals surface area contributed by atoms with E-state index in [1.165, 1.54) is 19.3 Å². The lowest BCUT2D eigenvalue weighted by Gasteiger charge is -2.53. The predicted octanol–water partition coefficient (Wildman–Crippen LogP) is 1.91. The van der Waals surface area contributed by atoms with Gasteiger partial charge >= 0.3 is 0 Å². The first-order valence-electron chi connectivity index (χ1n) is 7.17. The maximum absolute atomic E-state index is 5.84. The highest BCUT2D eigenvalue weighted by Gasteiger charge is 2.49. The maximum atomic E-state index is 5.84. The molecule has 0 aromatic carbocycles. The number of rotatable bonds is 5. The largest absolute Gasteiger partial charge is 0.378 e. The first-order chi connectivity index (χ1) is 8.09. The van der Waals surface area contributed by atoms with Crippen LogP contribution in [-0.4, -0.2) is 31.3 Å². The zero-order valence-electron chi connectivity index (χ0n) is 11.5. The smallest absolute Gasteiger partial charge is 0.0655 e. The van der Waals surface area contributed by atoms with E-state index in [4.69, 9.17) is 10.5 Å². The van der Waals surface area contributed by atoms with Gasteiger partial charge in [-0.15, -0.1) is 0 Å². The molecule has 0 aromatic heterocycles. The van der Waals surface area contributed by atoms with Gasteiger partial charge in [-0.3, -0.25) is 0 Å². The summed E-state index contributed by atoms with van der Waals surface area (Å²) in [7, 11) is 0. The Labute approximate surface area is 105 Å². The molecule has 0 heterocycles. The van der Waals surface area contributed by atoms with Crippen LogP contribution in [0.25, 0.3) is 0 Å². The van der Waals surface area contributed by atoms with E-state index in [9.17, 15) is 0 Å². The van der Waals surface area contributed by atoms with Crippen LogP contribution in [-0.2, 0) is 4.74 Å². The summed E-state index contributed by atoms with van der Waals surface area (Å²) < 4.78 is 5.78. The van der Waals surface area contributed by atoms with Crippen LogP contribution in [0.2, 0.25) is 0 Å². The van der Waals surface area contributed by atoms with Crippen molar-refractivity contribution in [3.63, 3.8) is 0 Å². The zero-order chi connectivity index (χ0) is 12.5. The van der Waals surface area contributed by atoms with Crippen molar-refractivity contribution in [2.75, 3.05) is 13.2 Å². The van der Waals surface area contributed by atoms with E-state index in [1.807, 2.05) is 0 Å². The van der Waals surface area contributed by atoms with Crippen LogP contribution in [0, 0.1) is 11.3 Å². The summed E-state index contributed by atoms with van der Waals surface area (Å²) in [6.45, 7) is 8.38. The number of hydrogen-bond acceptors (Lipinski definition) is 3. The van der Waals surface area contributed by atoms with Crippen LogP contribution in [0.4, 0.5) is 0 Å². The zero-order valence-corrected chi connectivity index (χ0v) is 11.5. The van der Waals surface area contributed by atoms with Crippen molar-refractivity contribution in [3.05, 3.63) is 0 Å². The standard InChI is InChI=1S/C14H28N2O/c1-4-17-13-8-12(14(13,2)3)16-11-7-5-6-10(11)9-15/h10-13,16H,4-9,15H2,1-3H3. The minimum Gasteiger partial charge on any atom is -0.378 e. The summed E-state index contributed by atoms with van der Waals surface area (Å²) in [5.74, 6) is 0.692. The number of ether oxygens (including phenoxy) is 1. The van der Waals surface area contributed by atoms with Gasteiger partial charge in [0.2, 0.25) is 0 Å². The molecule has 0 spiro atoms. The summed E-state index contributed by atoms with van der Waals surface area (Å²) in [6.07, 6.45) is 5.53. The van der Waals surface area contributed by atoms with Gasteiger partial charge in [0.15, 0.2) is 0 Å². The van der Waals surface area contributed by atoms with Crippen molar-refractivity contribution in [3.8, 4) is 0 Å². The molecule has 0 radical (unpaired) electrons. The van der Waals surface area contributed by atoms with Crippen LogP contribution < -0.4 is 11.1 Å². The highest BCUT2D eigenvalue weighted by Crippen LogP contribution is 2.43. The van der Waals surface area contributed by atoms with Gasteiger partial charge in [-0.2, -0.15) is 0 Å². The van der Waals surface area contributed by atoms with Gasteiger partial charge in [-0.25, -0.2) is 0 Å². The van der Waals surface area contributed by atoms with Gasteiger partial charge in [0.25, 0.3) is 0 Å². The summed E-state index contributed by atoms with van der Waals surface area (Å²) in [5.41, 5.74) is 6.11. The molecule has 3 nitrogen and oxygen atoms in total. The minimum absolute atomic E-state index is 0.276. The molecule has 3 heteroatoms. The molecule has 0 aromatic rings. The molecule has 0 aliphatic heterocycles. The molecule has 2 aliphatic carbocycles. The van der Waals surface area contributed by atoms with Gasteiger partial charge in [0.1, 0.15) is 0 Å². The maximum Gasteiger partial charge on any atom is 0.0655 e. The fourth-order valence-corrected chi connectivity index (χ4v) is 3.45. The van der Waals surface area contributed by atoms with Gasteiger partial charge in [-0.05, 0) is 38.6 Å². The lowest BCUT2D eigenvalue weighted by Crippen LogP contribution is -2.63. The van der Waals surface area contributed by atoms with E-state index >= 15 is 0 Å². The minimum atomic E-state index is 0.276. The molecule has 3 N–H and O–H groups in total. The predicted molar refractivity (Wildman–Crippen MR) is 70.9 cm³/mol. The van der Waals surface area contributed by atoms with Crippen LogP contribution in [0.5, 0.6) is 0 Å². The van der Waals surface area contributed by atoms with Crippen molar-refractivity contribution in [2.24, 2.45) is 17.1 Å². The van der Waals surface area contributed by atoms with Crippen molar-refractivity contribution < 1.29 is 4.74 Å². The van der Waals surface area contributed by atoms with E-state index in [2.05, 4.69) is 26.1 Å². The molecule has 17 heavy (non-hydrogen) atoms. The van der Waals surface area contributed by atoms with E-state index in [1.54, 1.807) is 0 Å².